The van der Waals surface area contributed by atoms with Gasteiger partial charge < -0.3 is 19.4 Å². The molecule has 9 heteroatoms. The second kappa shape index (κ2) is 7.51. The quantitative estimate of drug-likeness (QED) is 0.817. The number of amides is 1. The van der Waals surface area contributed by atoms with Crippen LogP contribution in [0.1, 0.15) is 5.56 Å². The lowest BCUT2D eigenvalue weighted by atomic mass is 10.00. The molecule has 1 fully saturated rings. The van der Waals surface area contributed by atoms with Crippen LogP contribution in [0.5, 0.6) is 0 Å². The monoisotopic (exact) mass is 368 g/mol. The van der Waals surface area contributed by atoms with Gasteiger partial charge in [-0.1, -0.05) is 42.1 Å². The summed E-state index contributed by atoms with van der Waals surface area (Å²) in [7, 11) is 1.32. The minimum Gasteiger partial charge on any atom is -0.465 e. The van der Waals surface area contributed by atoms with Gasteiger partial charge in [0.15, 0.2) is 17.6 Å². The summed E-state index contributed by atoms with van der Waals surface area (Å²) < 4.78 is 26.1. The van der Waals surface area contributed by atoms with Gasteiger partial charge in [0.2, 0.25) is 0 Å². The number of fused-ring (bicyclic) bond motifs is 1. The van der Waals surface area contributed by atoms with Gasteiger partial charge in [-0.25, -0.2) is 9.18 Å². The first-order chi connectivity index (χ1) is 12.0. The molecule has 5 atom stereocenters. The Balaban J connectivity index is 1.73. The van der Waals surface area contributed by atoms with Gasteiger partial charge in [-0.05, 0) is 5.56 Å². The number of hydrogen-bond acceptors (Lipinski definition) is 6. The minimum atomic E-state index is -1.58. The Bertz CT molecular complexity index is 674. The molecule has 2 aliphatic rings. The van der Waals surface area contributed by atoms with Gasteiger partial charge in [0.1, 0.15) is 23.7 Å². The smallest absolute Gasteiger partial charge is 0.413 e. The van der Waals surface area contributed by atoms with Crippen LogP contribution in [0.2, 0.25) is 0 Å². The Labute approximate surface area is 147 Å². The van der Waals surface area contributed by atoms with E-state index < -0.39 is 36.0 Å². The molecule has 0 unspecified atom stereocenters. The minimum absolute atomic E-state index is 0.135. The third kappa shape index (κ3) is 3.68. The number of halogens is 1. The van der Waals surface area contributed by atoms with E-state index in [1.807, 2.05) is 30.3 Å². The first kappa shape index (κ1) is 17.8. The molecule has 1 aromatic carbocycles. The van der Waals surface area contributed by atoms with Crippen LogP contribution < -0.4 is 0 Å². The van der Waals surface area contributed by atoms with E-state index in [1.165, 1.54) is 7.05 Å². The summed E-state index contributed by atoms with van der Waals surface area (Å²) in [5.74, 6) is 0. The van der Waals surface area contributed by atoms with Gasteiger partial charge in [-0.15, -0.1) is 0 Å². The fraction of sp³-hybridized carbons (Fsp3) is 0.438. The molecule has 25 heavy (non-hydrogen) atoms. The molecular weight excluding hydrogens is 351 g/mol. The Morgan fingerprint density at radius 3 is 2.84 bits per heavy atom. The molecule has 2 heterocycles. The van der Waals surface area contributed by atoms with Crippen LogP contribution in [0, 0.1) is 0 Å². The fourth-order valence-corrected chi connectivity index (χ4v) is 3.80. The molecule has 7 nitrogen and oxygen atoms in total. The lowest BCUT2D eigenvalue weighted by Crippen LogP contribution is -2.54. The molecule has 0 saturated carbocycles. The highest BCUT2D eigenvalue weighted by atomic mass is 32.2. The number of ether oxygens (including phenoxy) is 2. The summed E-state index contributed by atoms with van der Waals surface area (Å²) in [6, 6.07) is 8.27. The number of carbonyl (C=O) groups is 2. The summed E-state index contributed by atoms with van der Waals surface area (Å²) in [4.78, 5) is 27.4. The Morgan fingerprint density at radius 2 is 2.20 bits per heavy atom. The zero-order valence-electron chi connectivity index (χ0n) is 13.3. The number of nitrogens with zero attached hydrogens (tertiary/aromatic N) is 2. The van der Waals surface area contributed by atoms with Crippen molar-refractivity contribution in [3.63, 3.8) is 0 Å². The number of aliphatic imine (C=N–C) groups is 1. The molecule has 1 aromatic rings. The van der Waals surface area contributed by atoms with Crippen LogP contribution in [0.4, 0.5) is 9.18 Å². The van der Waals surface area contributed by atoms with Crippen molar-refractivity contribution in [2.75, 3.05) is 7.05 Å². The molecule has 0 aliphatic carbocycles. The van der Waals surface area contributed by atoms with E-state index in [2.05, 4.69) is 4.99 Å². The predicted molar refractivity (Wildman–Crippen MR) is 89.2 cm³/mol. The van der Waals surface area contributed by atoms with Crippen LogP contribution >= 0.6 is 11.8 Å². The molecule has 1 N–H and O–H groups in total. The molecule has 0 aromatic heterocycles. The van der Waals surface area contributed by atoms with E-state index >= 15 is 0 Å². The maximum absolute atomic E-state index is 14.9. The van der Waals surface area contributed by atoms with E-state index in [0.717, 1.165) is 22.2 Å². The van der Waals surface area contributed by atoms with E-state index in [9.17, 15) is 14.0 Å². The van der Waals surface area contributed by atoms with E-state index in [0.29, 0.717) is 6.29 Å². The summed E-state index contributed by atoms with van der Waals surface area (Å²) >= 11 is 0.989. The number of aldehydes is 1. The van der Waals surface area contributed by atoms with Gasteiger partial charge in [0.05, 0.1) is 6.61 Å². The summed E-state index contributed by atoms with van der Waals surface area (Å²) in [5.41, 5.74) is 0.0932. The molecule has 2 aliphatic heterocycles. The number of benzene rings is 1. The summed E-state index contributed by atoms with van der Waals surface area (Å²) in [5, 5.41) is 9.16. The zero-order chi connectivity index (χ0) is 18.0. The molecular formula is C16H17FN2O5S. The Kier molecular flexibility index (Phi) is 5.36. The van der Waals surface area contributed by atoms with Crippen LogP contribution in [-0.2, 0) is 20.9 Å². The third-order valence-corrected chi connectivity index (χ3v) is 5.22. The molecule has 0 radical (unpaired) electrons. The highest BCUT2D eigenvalue weighted by Crippen LogP contribution is 2.39. The van der Waals surface area contributed by atoms with Gasteiger partial charge in [-0.3, -0.25) is 9.89 Å². The zero-order valence-corrected chi connectivity index (χ0v) is 14.1. The highest BCUT2D eigenvalue weighted by molar-refractivity contribution is 8.14. The van der Waals surface area contributed by atoms with Crippen molar-refractivity contribution in [1.29, 1.82) is 0 Å². The lowest BCUT2D eigenvalue weighted by molar-refractivity contribution is -0.164. The number of hydrogen-bond donors (Lipinski definition) is 1. The van der Waals surface area contributed by atoms with Crippen LogP contribution in [0.25, 0.3) is 0 Å². The summed E-state index contributed by atoms with van der Waals surface area (Å²) in [6.45, 7) is 0.135. The fourth-order valence-electron chi connectivity index (χ4n) is 2.64. The van der Waals surface area contributed by atoms with E-state index in [4.69, 9.17) is 14.6 Å². The van der Waals surface area contributed by atoms with Crippen molar-refractivity contribution in [2.45, 2.75) is 36.5 Å². The van der Waals surface area contributed by atoms with Crippen LogP contribution in [-0.4, -0.2) is 64.5 Å². The standard InChI is InChI=1S/C16H17FN2O5S/c1-19(16(21)22)15-18-12-11(17)13(10(7-20)24-14(12)25-15)23-8-9-5-3-2-4-6-9/h2-7,10-14H,8H2,1H3,(H,21,22)/t10-,11-,12-,13-,14-/m1/s1. The maximum Gasteiger partial charge on any atom is 0.413 e. The molecule has 134 valence electrons. The third-order valence-electron chi connectivity index (χ3n) is 4.01. The van der Waals surface area contributed by atoms with Crippen molar-refractivity contribution in [2.24, 2.45) is 4.99 Å². The maximum atomic E-state index is 14.9. The normalized spacial score (nSPS) is 31.1. The highest BCUT2D eigenvalue weighted by Gasteiger charge is 2.51. The molecule has 1 saturated heterocycles. The van der Waals surface area contributed by atoms with Crippen molar-refractivity contribution in [1.82, 2.24) is 4.90 Å². The van der Waals surface area contributed by atoms with Crippen LogP contribution in [0.15, 0.2) is 35.3 Å². The molecule has 1 amide bonds. The van der Waals surface area contributed by atoms with Crippen molar-refractivity contribution in [3.8, 4) is 0 Å². The van der Waals surface area contributed by atoms with Gasteiger partial charge in [-0.2, -0.15) is 0 Å². The number of thioether (sulfide) groups is 1. The van der Waals surface area contributed by atoms with Crippen molar-refractivity contribution < 1.29 is 28.6 Å². The second-order valence-corrected chi connectivity index (χ2v) is 6.74. The first-order valence-electron chi connectivity index (χ1n) is 7.62. The van der Waals surface area contributed by atoms with Gasteiger partial charge in [0.25, 0.3) is 0 Å². The lowest BCUT2D eigenvalue weighted by Gasteiger charge is -2.37. The Hall–Kier alpha value is -1.97. The van der Waals surface area contributed by atoms with Gasteiger partial charge >= 0.3 is 6.09 Å². The summed E-state index contributed by atoms with van der Waals surface area (Å²) in [6.07, 6.45) is -4.44. The number of alkyl halides is 1. The topological polar surface area (TPSA) is 88.4 Å². The number of amidine groups is 1. The average Bonchev–Trinajstić information content (AvgIpc) is 3.05. The van der Waals surface area contributed by atoms with E-state index in [-0.39, 0.29) is 11.8 Å². The number of carboxylic acid groups (broad SMARTS) is 1. The van der Waals surface area contributed by atoms with Crippen molar-refractivity contribution in [3.05, 3.63) is 35.9 Å². The molecule has 3 rings (SSSR count). The number of rotatable bonds is 4. The average molecular weight is 368 g/mol. The second-order valence-electron chi connectivity index (χ2n) is 5.67. The van der Waals surface area contributed by atoms with Crippen molar-refractivity contribution >= 4 is 29.3 Å². The van der Waals surface area contributed by atoms with Gasteiger partial charge in [0, 0.05) is 7.05 Å². The van der Waals surface area contributed by atoms with Crippen LogP contribution in [0.3, 0.4) is 0 Å². The largest absolute Gasteiger partial charge is 0.465 e. The predicted octanol–water partition coefficient (Wildman–Crippen LogP) is 1.91. The van der Waals surface area contributed by atoms with E-state index in [1.54, 1.807) is 0 Å². The molecule has 0 bridgehead atoms. The Morgan fingerprint density at radius 1 is 1.48 bits per heavy atom. The molecule has 0 spiro atoms. The number of carbonyl (C=O) groups excluding carboxylic acids is 1. The first-order valence-corrected chi connectivity index (χ1v) is 8.50. The SMILES string of the molecule is CN(C(=O)O)C1=N[C@@H]2[C@@H](F)[C@H](OCc3ccccc3)[C@@H](C=O)O[C@@H]2S1.